The summed E-state index contributed by atoms with van der Waals surface area (Å²) in [6.07, 6.45) is 0. The maximum absolute atomic E-state index is 11.1. The van der Waals surface area contributed by atoms with Crippen LogP contribution in [0.3, 0.4) is 0 Å². The first-order chi connectivity index (χ1) is 7.72. The molecule has 17 heavy (non-hydrogen) atoms. The van der Waals surface area contributed by atoms with Crippen LogP contribution in [0.15, 0.2) is 45.6 Å². The molecule has 0 bridgehead atoms. The molecule has 4 nitrogen and oxygen atoms in total. The van der Waals surface area contributed by atoms with Gasteiger partial charge in [-0.25, -0.2) is 4.98 Å². The Labute approximate surface area is 119 Å². The summed E-state index contributed by atoms with van der Waals surface area (Å²) in [5.41, 5.74) is 1.46. The van der Waals surface area contributed by atoms with E-state index in [1.54, 1.807) is 12.1 Å². The van der Waals surface area contributed by atoms with E-state index >= 15 is 0 Å². The van der Waals surface area contributed by atoms with Gasteiger partial charge in [0.05, 0.1) is 0 Å². The maximum Gasteiger partial charge on any atom is 1.00 e. The Hall–Kier alpha value is -1.36. The molecule has 0 radical (unpaired) electrons. The molecule has 1 aliphatic heterocycles. The SMILES string of the molecule is O=c1ccc2nc3ccc([O-])cc3oc-2c1.[Na+]. The number of benzene rings is 2. The Balaban J connectivity index is 0.00000108. The predicted octanol–water partition coefficient (Wildman–Crippen LogP) is -1.63. The average molecular weight is 235 g/mol. The number of nitrogens with zero attached hydrogens (tertiary/aromatic N) is 1. The van der Waals surface area contributed by atoms with Crippen molar-refractivity contribution in [3.05, 3.63) is 46.6 Å². The van der Waals surface area contributed by atoms with Gasteiger partial charge < -0.3 is 9.52 Å². The van der Waals surface area contributed by atoms with Crippen molar-refractivity contribution in [2.45, 2.75) is 0 Å². The second kappa shape index (κ2) is 4.49. The molecule has 1 aromatic carbocycles. The summed E-state index contributed by atoms with van der Waals surface area (Å²) < 4.78 is 5.45. The summed E-state index contributed by atoms with van der Waals surface area (Å²) >= 11 is 0. The molecule has 0 saturated carbocycles. The fourth-order valence-electron chi connectivity index (χ4n) is 1.59. The van der Waals surface area contributed by atoms with E-state index in [9.17, 15) is 9.90 Å². The van der Waals surface area contributed by atoms with Crippen LogP contribution in [-0.2, 0) is 0 Å². The summed E-state index contributed by atoms with van der Waals surface area (Å²) in [6.45, 7) is 0. The van der Waals surface area contributed by atoms with Crippen LogP contribution in [-0.4, -0.2) is 4.98 Å². The van der Waals surface area contributed by atoms with Crippen LogP contribution in [0.5, 0.6) is 5.75 Å². The monoisotopic (exact) mass is 235 g/mol. The Morgan fingerprint density at radius 1 is 1.12 bits per heavy atom. The molecule has 0 saturated heterocycles. The third-order valence-corrected chi connectivity index (χ3v) is 2.32. The van der Waals surface area contributed by atoms with Crippen LogP contribution in [0, 0.1) is 0 Å². The molecular formula is C12H6NNaO3. The molecule has 2 aliphatic rings. The third kappa shape index (κ3) is 2.20. The van der Waals surface area contributed by atoms with Gasteiger partial charge in [0, 0.05) is 6.07 Å². The summed E-state index contributed by atoms with van der Waals surface area (Å²) in [6, 6.07) is 8.78. The van der Waals surface area contributed by atoms with Gasteiger partial charge in [0.2, 0.25) is 0 Å². The van der Waals surface area contributed by atoms with Gasteiger partial charge in [-0.3, -0.25) is 4.79 Å². The zero-order chi connectivity index (χ0) is 11.1. The average Bonchev–Trinajstić information content (AvgIpc) is 2.26. The van der Waals surface area contributed by atoms with Crippen LogP contribution in [0.4, 0.5) is 0 Å². The van der Waals surface area contributed by atoms with Crippen molar-refractivity contribution < 1.29 is 39.1 Å². The van der Waals surface area contributed by atoms with E-state index in [0.29, 0.717) is 22.6 Å². The Morgan fingerprint density at radius 2 is 1.94 bits per heavy atom. The maximum atomic E-state index is 11.1. The van der Waals surface area contributed by atoms with Crippen molar-refractivity contribution in [2.24, 2.45) is 0 Å². The second-order valence-corrected chi connectivity index (χ2v) is 3.47. The molecule has 0 aromatic heterocycles. The largest absolute Gasteiger partial charge is 1.00 e. The minimum absolute atomic E-state index is 0. The topological polar surface area (TPSA) is 66.2 Å². The quantitative estimate of drug-likeness (QED) is 0.346. The number of rotatable bonds is 0. The second-order valence-electron chi connectivity index (χ2n) is 3.47. The fourth-order valence-corrected chi connectivity index (χ4v) is 1.59. The molecule has 78 valence electrons. The predicted molar refractivity (Wildman–Crippen MR) is 56.3 cm³/mol. The van der Waals surface area contributed by atoms with Crippen LogP contribution in [0.2, 0.25) is 0 Å². The number of fused-ring (bicyclic) bond motifs is 2. The van der Waals surface area contributed by atoms with Gasteiger partial charge in [-0.2, -0.15) is 0 Å². The van der Waals surface area contributed by atoms with E-state index in [0.717, 1.165) is 0 Å². The molecule has 0 spiro atoms. The van der Waals surface area contributed by atoms with Gasteiger partial charge in [0.25, 0.3) is 0 Å². The molecule has 1 aromatic rings. The molecule has 0 unspecified atom stereocenters. The first kappa shape index (κ1) is 12.1. The zero-order valence-electron chi connectivity index (χ0n) is 9.14. The van der Waals surface area contributed by atoms with Crippen molar-refractivity contribution >= 4 is 11.1 Å². The molecule has 0 fully saturated rings. The van der Waals surface area contributed by atoms with Gasteiger partial charge in [0.15, 0.2) is 16.8 Å². The number of hydrogen-bond acceptors (Lipinski definition) is 4. The molecule has 1 heterocycles. The molecule has 5 heteroatoms. The summed E-state index contributed by atoms with van der Waals surface area (Å²) in [5, 5.41) is 11.1. The van der Waals surface area contributed by atoms with E-state index in [4.69, 9.17) is 4.42 Å². The van der Waals surface area contributed by atoms with Gasteiger partial charge in [-0.1, -0.05) is 6.07 Å². The Morgan fingerprint density at radius 3 is 2.76 bits per heavy atom. The molecular weight excluding hydrogens is 229 g/mol. The number of hydrogen-bond donors (Lipinski definition) is 0. The van der Waals surface area contributed by atoms with Crippen molar-refractivity contribution in [3.8, 4) is 17.2 Å². The molecule has 0 amide bonds. The fraction of sp³-hybridized carbons (Fsp3) is 0. The van der Waals surface area contributed by atoms with Crippen LogP contribution >= 0.6 is 0 Å². The normalized spacial score (nSPS) is 10.4. The first-order valence-corrected chi connectivity index (χ1v) is 4.74. The standard InChI is InChI=1S/C12H7NO3.Na/c14-7-1-3-9-11(5-7)16-12-6-8(15)2-4-10(12)13-9;/h1-6,14H;/q;+1/p-1. The van der Waals surface area contributed by atoms with Gasteiger partial charge in [-0.15, -0.1) is 5.75 Å². The van der Waals surface area contributed by atoms with Crippen LogP contribution in [0.1, 0.15) is 0 Å². The van der Waals surface area contributed by atoms with Gasteiger partial charge in [-0.05, 0) is 24.3 Å². The Bertz CT molecular complexity index is 708. The summed E-state index contributed by atoms with van der Waals surface area (Å²) in [7, 11) is 0. The minimum atomic E-state index is -0.143. The summed E-state index contributed by atoms with van der Waals surface area (Å²) in [5.74, 6) is 0.251. The van der Waals surface area contributed by atoms with Crippen LogP contribution in [0.25, 0.3) is 22.6 Å². The van der Waals surface area contributed by atoms with Crippen molar-refractivity contribution in [1.82, 2.24) is 4.98 Å². The van der Waals surface area contributed by atoms with Crippen molar-refractivity contribution in [1.29, 1.82) is 0 Å². The van der Waals surface area contributed by atoms with E-state index in [-0.39, 0.29) is 40.7 Å². The van der Waals surface area contributed by atoms with Crippen molar-refractivity contribution in [3.63, 3.8) is 0 Å². The van der Waals surface area contributed by atoms with Gasteiger partial charge in [0.1, 0.15) is 11.2 Å². The molecule has 0 N–H and O–H groups in total. The molecule has 1 aliphatic carbocycles. The summed E-state index contributed by atoms with van der Waals surface area (Å²) in [4.78, 5) is 15.4. The van der Waals surface area contributed by atoms with Crippen molar-refractivity contribution in [2.75, 3.05) is 0 Å². The van der Waals surface area contributed by atoms with E-state index in [2.05, 4.69) is 4.98 Å². The smallest absolute Gasteiger partial charge is 0.872 e. The zero-order valence-corrected chi connectivity index (χ0v) is 11.1. The van der Waals surface area contributed by atoms with E-state index in [1.807, 2.05) is 0 Å². The number of aromatic nitrogens is 1. The van der Waals surface area contributed by atoms with Crippen LogP contribution < -0.4 is 40.1 Å². The van der Waals surface area contributed by atoms with Gasteiger partial charge >= 0.3 is 29.6 Å². The van der Waals surface area contributed by atoms with E-state index < -0.39 is 0 Å². The minimum Gasteiger partial charge on any atom is -0.872 e. The first-order valence-electron chi connectivity index (χ1n) is 4.74. The Kier molecular flexibility index (Phi) is 3.19. The third-order valence-electron chi connectivity index (χ3n) is 2.32. The van der Waals surface area contributed by atoms with E-state index in [1.165, 1.54) is 24.3 Å². The molecule has 3 rings (SSSR count). The molecule has 0 atom stereocenters.